The van der Waals surface area contributed by atoms with Crippen molar-refractivity contribution < 1.29 is 0 Å². The van der Waals surface area contributed by atoms with Crippen molar-refractivity contribution >= 4 is 0 Å². The molecule has 0 aromatic heterocycles. The van der Waals surface area contributed by atoms with Gasteiger partial charge >= 0.3 is 0 Å². The second-order valence-corrected chi connectivity index (χ2v) is 3.51. The van der Waals surface area contributed by atoms with Crippen molar-refractivity contribution in [3.05, 3.63) is 10.4 Å². The summed E-state index contributed by atoms with van der Waals surface area (Å²) >= 11 is 0. The number of rotatable bonds is 2. The van der Waals surface area contributed by atoms with Crippen LogP contribution in [0.2, 0.25) is 0 Å². The molecule has 2 saturated carbocycles. The SMILES string of the molecule is [N-]=[N+]=NCC1C[C@@H]2C[C@@H]2C1. The molecule has 0 amide bonds. The summed E-state index contributed by atoms with van der Waals surface area (Å²) in [5.41, 5.74) is 8.06. The van der Waals surface area contributed by atoms with Crippen molar-refractivity contribution in [3.63, 3.8) is 0 Å². The molecule has 0 aromatic rings. The summed E-state index contributed by atoms with van der Waals surface area (Å²) in [6.45, 7) is 0.740. The van der Waals surface area contributed by atoms with E-state index in [0.717, 1.165) is 24.3 Å². The van der Waals surface area contributed by atoms with Crippen molar-refractivity contribution in [2.24, 2.45) is 22.9 Å². The van der Waals surface area contributed by atoms with Crippen molar-refractivity contribution in [2.75, 3.05) is 6.54 Å². The van der Waals surface area contributed by atoms with E-state index in [1.54, 1.807) is 0 Å². The Morgan fingerprint density at radius 1 is 1.30 bits per heavy atom. The minimum Gasteiger partial charge on any atom is -0.0937 e. The fourth-order valence-electron chi connectivity index (χ4n) is 2.14. The zero-order valence-corrected chi connectivity index (χ0v) is 5.90. The van der Waals surface area contributed by atoms with Gasteiger partial charge in [0.1, 0.15) is 0 Å². The largest absolute Gasteiger partial charge is 0.0937 e. The Morgan fingerprint density at radius 3 is 2.60 bits per heavy atom. The fraction of sp³-hybridized carbons (Fsp3) is 1.00. The van der Waals surface area contributed by atoms with Gasteiger partial charge in [-0.25, -0.2) is 0 Å². The maximum absolute atomic E-state index is 8.06. The highest BCUT2D eigenvalue weighted by Crippen LogP contribution is 2.54. The molecule has 10 heavy (non-hydrogen) atoms. The van der Waals surface area contributed by atoms with Crippen molar-refractivity contribution in [2.45, 2.75) is 19.3 Å². The summed E-state index contributed by atoms with van der Waals surface area (Å²) in [6, 6.07) is 0. The smallest absolute Gasteiger partial charge is 0.0286 e. The van der Waals surface area contributed by atoms with Crippen LogP contribution in [0.25, 0.3) is 10.4 Å². The van der Waals surface area contributed by atoms with Crippen LogP contribution >= 0.6 is 0 Å². The van der Waals surface area contributed by atoms with E-state index in [0.29, 0.717) is 0 Å². The van der Waals surface area contributed by atoms with Crippen LogP contribution in [0.3, 0.4) is 0 Å². The first kappa shape index (κ1) is 6.05. The van der Waals surface area contributed by atoms with E-state index in [4.69, 9.17) is 5.53 Å². The maximum Gasteiger partial charge on any atom is 0.0286 e. The second kappa shape index (κ2) is 2.17. The standard InChI is InChI=1S/C7H11N3/c8-10-9-4-5-1-6-3-7(6)2-5/h5-7H,1-4H2/t5?,6-,7+. The second-order valence-electron chi connectivity index (χ2n) is 3.51. The third kappa shape index (κ3) is 0.971. The minimum absolute atomic E-state index is 0.722. The van der Waals surface area contributed by atoms with Crippen LogP contribution in [-0.4, -0.2) is 6.54 Å². The van der Waals surface area contributed by atoms with E-state index in [1.807, 2.05) is 0 Å². The molecular weight excluding hydrogens is 126 g/mol. The molecule has 0 aliphatic heterocycles. The first-order valence-corrected chi connectivity index (χ1v) is 3.91. The Morgan fingerprint density at radius 2 is 2.00 bits per heavy atom. The van der Waals surface area contributed by atoms with Gasteiger partial charge in [-0.3, -0.25) is 0 Å². The minimum atomic E-state index is 0.722. The average Bonchev–Trinajstić information content (AvgIpc) is 2.56. The van der Waals surface area contributed by atoms with E-state index in [9.17, 15) is 0 Å². The summed E-state index contributed by atoms with van der Waals surface area (Å²) in [5.74, 6) is 2.75. The Labute approximate surface area is 60.1 Å². The molecule has 0 radical (unpaired) electrons. The summed E-state index contributed by atoms with van der Waals surface area (Å²) in [7, 11) is 0. The fourth-order valence-corrected chi connectivity index (χ4v) is 2.14. The summed E-state index contributed by atoms with van der Waals surface area (Å²) in [4.78, 5) is 2.76. The zero-order chi connectivity index (χ0) is 6.97. The van der Waals surface area contributed by atoms with Gasteiger partial charge in [-0.2, -0.15) is 0 Å². The molecule has 54 valence electrons. The lowest BCUT2D eigenvalue weighted by Gasteiger charge is -2.04. The Hall–Kier alpha value is -0.690. The molecule has 2 aliphatic rings. The van der Waals surface area contributed by atoms with E-state index in [2.05, 4.69) is 10.0 Å². The molecule has 3 nitrogen and oxygen atoms in total. The number of hydrogen-bond acceptors (Lipinski definition) is 1. The van der Waals surface area contributed by atoms with E-state index >= 15 is 0 Å². The molecule has 0 bridgehead atoms. The predicted octanol–water partition coefficient (Wildman–Crippen LogP) is 2.34. The molecule has 0 spiro atoms. The first-order chi connectivity index (χ1) is 4.90. The first-order valence-electron chi connectivity index (χ1n) is 3.91. The number of azide groups is 1. The third-order valence-corrected chi connectivity index (χ3v) is 2.74. The summed E-state index contributed by atoms with van der Waals surface area (Å²) in [5, 5.41) is 3.59. The molecule has 2 rings (SSSR count). The average molecular weight is 137 g/mol. The van der Waals surface area contributed by atoms with Crippen LogP contribution < -0.4 is 0 Å². The van der Waals surface area contributed by atoms with Gasteiger partial charge in [0.25, 0.3) is 0 Å². The molecule has 0 aromatic carbocycles. The van der Waals surface area contributed by atoms with Crippen LogP contribution in [0, 0.1) is 17.8 Å². The van der Waals surface area contributed by atoms with E-state index in [-0.39, 0.29) is 0 Å². The van der Waals surface area contributed by atoms with Gasteiger partial charge in [0, 0.05) is 11.5 Å². The van der Waals surface area contributed by atoms with Crippen LogP contribution in [0.4, 0.5) is 0 Å². The van der Waals surface area contributed by atoms with Crippen LogP contribution in [0.15, 0.2) is 5.11 Å². The highest BCUT2D eigenvalue weighted by molar-refractivity contribution is 4.96. The molecule has 0 heterocycles. The van der Waals surface area contributed by atoms with Crippen LogP contribution in [0.5, 0.6) is 0 Å². The molecule has 2 aliphatic carbocycles. The summed E-state index contributed by atoms with van der Waals surface area (Å²) in [6.07, 6.45) is 4.10. The Kier molecular flexibility index (Phi) is 1.31. The van der Waals surface area contributed by atoms with Crippen molar-refractivity contribution in [3.8, 4) is 0 Å². The highest BCUT2D eigenvalue weighted by atomic mass is 15.1. The lowest BCUT2D eigenvalue weighted by atomic mass is 10.0. The molecular formula is C7H11N3. The third-order valence-electron chi connectivity index (χ3n) is 2.74. The van der Waals surface area contributed by atoms with E-state index < -0.39 is 0 Å². The normalized spacial score (nSPS) is 42.2. The predicted molar refractivity (Wildman–Crippen MR) is 38.3 cm³/mol. The molecule has 0 saturated heterocycles. The monoisotopic (exact) mass is 137 g/mol. The quantitative estimate of drug-likeness (QED) is 0.318. The van der Waals surface area contributed by atoms with Gasteiger partial charge in [-0.05, 0) is 42.5 Å². The molecule has 1 unspecified atom stereocenters. The molecule has 3 atom stereocenters. The molecule has 2 fully saturated rings. The van der Waals surface area contributed by atoms with Gasteiger partial charge in [0.15, 0.2) is 0 Å². The highest BCUT2D eigenvalue weighted by Gasteiger charge is 2.45. The van der Waals surface area contributed by atoms with Crippen LogP contribution in [0.1, 0.15) is 19.3 Å². The molecule has 0 N–H and O–H groups in total. The van der Waals surface area contributed by atoms with Crippen molar-refractivity contribution in [1.29, 1.82) is 0 Å². The Bertz CT molecular complexity index is 173. The lowest BCUT2D eigenvalue weighted by Crippen LogP contribution is -1.99. The Balaban J connectivity index is 1.80. The number of nitrogens with zero attached hydrogens (tertiary/aromatic N) is 3. The lowest BCUT2D eigenvalue weighted by molar-refractivity contribution is 0.498. The van der Waals surface area contributed by atoms with Gasteiger partial charge < -0.3 is 0 Å². The number of hydrogen-bond donors (Lipinski definition) is 0. The van der Waals surface area contributed by atoms with Crippen molar-refractivity contribution in [1.82, 2.24) is 0 Å². The van der Waals surface area contributed by atoms with Crippen LogP contribution in [-0.2, 0) is 0 Å². The molecule has 3 heteroatoms. The van der Waals surface area contributed by atoms with Gasteiger partial charge in [-0.1, -0.05) is 5.11 Å². The number of fused-ring (bicyclic) bond motifs is 1. The topological polar surface area (TPSA) is 48.8 Å². The van der Waals surface area contributed by atoms with E-state index in [1.165, 1.54) is 19.3 Å². The van der Waals surface area contributed by atoms with Gasteiger partial charge in [0.2, 0.25) is 0 Å². The zero-order valence-electron chi connectivity index (χ0n) is 5.90. The van der Waals surface area contributed by atoms with Gasteiger partial charge in [0.05, 0.1) is 0 Å². The maximum atomic E-state index is 8.06. The summed E-state index contributed by atoms with van der Waals surface area (Å²) < 4.78 is 0. The van der Waals surface area contributed by atoms with Gasteiger partial charge in [-0.15, -0.1) is 0 Å².